The number of pyridine rings is 1. The van der Waals surface area contributed by atoms with Crippen LogP contribution in [0.4, 0.5) is 11.4 Å². The minimum absolute atomic E-state index is 0.0160. The van der Waals surface area contributed by atoms with Crippen molar-refractivity contribution in [2.24, 2.45) is 0 Å². The molecule has 4 rings (SSSR count). The summed E-state index contributed by atoms with van der Waals surface area (Å²) in [6.07, 6.45) is 2.53. The first-order valence-electron chi connectivity index (χ1n) is 11.0. The second-order valence-corrected chi connectivity index (χ2v) is 8.29. The molecule has 2 atom stereocenters. The molecule has 1 aliphatic heterocycles. The van der Waals surface area contributed by atoms with Crippen LogP contribution in [0, 0.1) is 10.1 Å². The van der Waals surface area contributed by atoms with E-state index in [1.165, 1.54) is 11.6 Å². The van der Waals surface area contributed by atoms with Gasteiger partial charge >= 0.3 is 0 Å². The molecule has 2 N–H and O–H groups in total. The first-order valence-corrected chi connectivity index (χ1v) is 11.0. The number of hydrogen-bond acceptors (Lipinski definition) is 6. The van der Waals surface area contributed by atoms with E-state index in [4.69, 9.17) is 0 Å². The molecule has 8 nitrogen and oxygen atoms in total. The Labute approximate surface area is 192 Å². The molecule has 0 radical (unpaired) electrons. The number of amides is 1. The Hall–Kier alpha value is -3.78. The predicted octanol–water partition coefficient (Wildman–Crippen LogP) is 4.17. The zero-order valence-corrected chi connectivity index (χ0v) is 18.5. The van der Waals surface area contributed by atoms with E-state index in [9.17, 15) is 14.9 Å². The van der Waals surface area contributed by atoms with E-state index < -0.39 is 4.92 Å². The van der Waals surface area contributed by atoms with Crippen LogP contribution >= 0.6 is 0 Å². The van der Waals surface area contributed by atoms with Gasteiger partial charge in [-0.05, 0) is 43.2 Å². The number of nitro groups is 1. The van der Waals surface area contributed by atoms with Crippen LogP contribution < -0.4 is 10.6 Å². The van der Waals surface area contributed by atoms with E-state index in [-0.39, 0.29) is 29.2 Å². The van der Waals surface area contributed by atoms with Crippen molar-refractivity contribution in [2.75, 3.05) is 18.4 Å². The van der Waals surface area contributed by atoms with Gasteiger partial charge in [-0.15, -0.1) is 0 Å². The van der Waals surface area contributed by atoms with Gasteiger partial charge in [-0.3, -0.25) is 24.8 Å². The molecule has 0 saturated carbocycles. The fourth-order valence-electron chi connectivity index (χ4n) is 4.09. The molecule has 1 amide bonds. The second kappa shape index (κ2) is 10.2. The Morgan fingerprint density at radius 1 is 1.18 bits per heavy atom. The lowest BCUT2D eigenvalue weighted by Gasteiger charge is -2.17. The van der Waals surface area contributed by atoms with Crippen LogP contribution in [0.5, 0.6) is 0 Å². The number of rotatable bonds is 8. The van der Waals surface area contributed by atoms with Gasteiger partial charge in [0.2, 0.25) is 0 Å². The molecule has 33 heavy (non-hydrogen) atoms. The van der Waals surface area contributed by atoms with E-state index in [0.29, 0.717) is 5.69 Å². The number of aromatic nitrogens is 1. The van der Waals surface area contributed by atoms with Crippen LogP contribution in [-0.2, 0) is 6.54 Å². The van der Waals surface area contributed by atoms with Crippen LogP contribution in [0.25, 0.3) is 0 Å². The highest BCUT2D eigenvalue weighted by atomic mass is 16.6. The lowest BCUT2D eigenvalue weighted by Crippen LogP contribution is -2.37. The quantitative estimate of drug-likeness (QED) is 0.399. The molecule has 2 heterocycles. The summed E-state index contributed by atoms with van der Waals surface area (Å²) < 4.78 is 0. The third kappa shape index (κ3) is 5.72. The number of nitro benzene ring substituents is 1. The van der Waals surface area contributed by atoms with Gasteiger partial charge in [-0.25, -0.2) is 0 Å². The summed E-state index contributed by atoms with van der Waals surface area (Å²) in [5, 5.41) is 17.9. The number of carbonyl (C=O) groups excluding carboxylic acids is 1. The van der Waals surface area contributed by atoms with Gasteiger partial charge in [0.05, 0.1) is 16.7 Å². The first-order chi connectivity index (χ1) is 16.0. The summed E-state index contributed by atoms with van der Waals surface area (Å²) in [7, 11) is 0. The fourth-order valence-corrected chi connectivity index (χ4v) is 4.09. The lowest BCUT2D eigenvalue weighted by atomic mass is 10.1. The fraction of sp³-hybridized carbons (Fsp3) is 0.280. The van der Waals surface area contributed by atoms with E-state index in [2.05, 4.69) is 32.7 Å². The molecule has 0 aliphatic carbocycles. The number of anilines is 1. The van der Waals surface area contributed by atoms with Crippen LogP contribution in [0.1, 0.15) is 41.0 Å². The molecule has 1 fully saturated rings. The Morgan fingerprint density at radius 3 is 2.70 bits per heavy atom. The van der Waals surface area contributed by atoms with Crippen molar-refractivity contribution < 1.29 is 9.72 Å². The number of hydrogen-bond donors (Lipinski definition) is 2. The Bertz CT molecular complexity index is 1110. The average Bonchev–Trinajstić information content (AvgIpc) is 3.26. The summed E-state index contributed by atoms with van der Waals surface area (Å²) in [6, 6.07) is 20.1. The van der Waals surface area contributed by atoms with Crippen molar-refractivity contribution in [3.63, 3.8) is 0 Å². The van der Waals surface area contributed by atoms with Crippen molar-refractivity contribution in [1.29, 1.82) is 0 Å². The average molecular weight is 446 g/mol. The zero-order chi connectivity index (χ0) is 23.2. The van der Waals surface area contributed by atoms with E-state index in [0.717, 1.165) is 31.7 Å². The Balaban J connectivity index is 1.39. The minimum atomic E-state index is -0.471. The van der Waals surface area contributed by atoms with Crippen LogP contribution in [0.2, 0.25) is 0 Å². The molecular formula is C25H27N5O3. The molecule has 2 aromatic carbocycles. The highest BCUT2D eigenvalue weighted by Crippen LogP contribution is 2.29. The number of likely N-dealkylation sites (tertiary alicyclic amines) is 1. The van der Waals surface area contributed by atoms with Gasteiger partial charge in [-0.1, -0.05) is 36.4 Å². The number of carbonyl (C=O) groups is 1. The topological polar surface area (TPSA) is 100 Å². The summed E-state index contributed by atoms with van der Waals surface area (Å²) in [5.74, 6) is -0.297. The van der Waals surface area contributed by atoms with Crippen LogP contribution in [0.3, 0.4) is 0 Å². The standard InChI is InChI=1S/C25H27N5O3/c1-18(22-9-5-6-13-26-22)27-23-11-10-20(15-24(23)30(32)33)25(31)28-21-12-14-29(17-21)16-19-7-3-2-4-8-19/h2-11,13,15,18,21,27H,12,14,16-17H2,1H3,(H,28,31). The highest BCUT2D eigenvalue weighted by Gasteiger charge is 2.25. The molecular weight excluding hydrogens is 418 g/mol. The maximum atomic E-state index is 12.8. The Kier molecular flexibility index (Phi) is 6.95. The normalized spacial score (nSPS) is 16.8. The smallest absolute Gasteiger partial charge is 0.293 e. The monoisotopic (exact) mass is 445 g/mol. The maximum absolute atomic E-state index is 12.8. The maximum Gasteiger partial charge on any atom is 0.293 e. The summed E-state index contributed by atoms with van der Waals surface area (Å²) in [6.45, 7) is 4.37. The molecule has 0 spiro atoms. The number of nitrogens with one attached hydrogen (secondary N) is 2. The first kappa shape index (κ1) is 22.4. The van der Waals surface area contributed by atoms with Crippen molar-refractivity contribution in [3.8, 4) is 0 Å². The van der Waals surface area contributed by atoms with Crippen molar-refractivity contribution in [3.05, 3.63) is 99.9 Å². The molecule has 1 saturated heterocycles. The highest BCUT2D eigenvalue weighted by molar-refractivity contribution is 5.96. The molecule has 8 heteroatoms. The third-order valence-electron chi connectivity index (χ3n) is 5.82. The number of nitrogens with zero attached hydrogens (tertiary/aromatic N) is 3. The molecule has 1 aliphatic rings. The molecule has 0 bridgehead atoms. The van der Waals surface area contributed by atoms with Gasteiger partial charge < -0.3 is 10.6 Å². The van der Waals surface area contributed by atoms with E-state index in [1.54, 1.807) is 18.3 Å². The molecule has 1 aromatic heterocycles. The van der Waals surface area contributed by atoms with Gasteiger partial charge in [0.15, 0.2) is 0 Å². The molecule has 2 unspecified atom stereocenters. The summed E-state index contributed by atoms with van der Waals surface area (Å²) in [5.41, 5.74) is 2.50. The zero-order valence-electron chi connectivity index (χ0n) is 18.5. The Morgan fingerprint density at radius 2 is 1.97 bits per heavy atom. The van der Waals surface area contributed by atoms with Crippen molar-refractivity contribution in [1.82, 2.24) is 15.2 Å². The molecule has 170 valence electrons. The van der Waals surface area contributed by atoms with Gasteiger partial charge in [-0.2, -0.15) is 0 Å². The van der Waals surface area contributed by atoms with Crippen LogP contribution in [-0.4, -0.2) is 39.8 Å². The van der Waals surface area contributed by atoms with Crippen molar-refractivity contribution >= 4 is 17.3 Å². The molecule has 3 aromatic rings. The largest absolute Gasteiger partial charge is 0.371 e. The SMILES string of the molecule is CC(Nc1ccc(C(=O)NC2CCN(Cc3ccccc3)C2)cc1[N+](=O)[O-])c1ccccn1. The van der Waals surface area contributed by atoms with E-state index in [1.807, 2.05) is 43.3 Å². The predicted molar refractivity (Wildman–Crippen MR) is 127 cm³/mol. The third-order valence-corrected chi connectivity index (χ3v) is 5.82. The second-order valence-electron chi connectivity index (χ2n) is 8.29. The number of benzene rings is 2. The van der Waals surface area contributed by atoms with Crippen LogP contribution in [0.15, 0.2) is 72.9 Å². The van der Waals surface area contributed by atoms with Gasteiger partial charge in [0.1, 0.15) is 5.69 Å². The summed E-state index contributed by atoms with van der Waals surface area (Å²) >= 11 is 0. The van der Waals surface area contributed by atoms with E-state index >= 15 is 0 Å². The minimum Gasteiger partial charge on any atom is -0.371 e. The van der Waals surface area contributed by atoms with Gasteiger partial charge in [0, 0.05) is 43.5 Å². The van der Waals surface area contributed by atoms with Gasteiger partial charge in [0.25, 0.3) is 11.6 Å². The lowest BCUT2D eigenvalue weighted by molar-refractivity contribution is -0.384. The van der Waals surface area contributed by atoms with Crippen molar-refractivity contribution in [2.45, 2.75) is 32.0 Å². The summed E-state index contributed by atoms with van der Waals surface area (Å²) in [4.78, 5) is 30.6.